The first-order chi connectivity index (χ1) is 14.7. The zero-order valence-electron chi connectivity index (χ0n) is 20.1. The minimum Gasteiger partial charge on any atom is -0.463 e. The summed E-state index contributed by atoms with van der Waals surface area (Å²) in [5.74, 6) is 2.79. The third kappa shape index (κ3) is 3.68. The number of hydrogen-bond acceptors (Lipinski definition) is 6. The topological polar surface area (TPSA) is 69.5 Å². The van der Waals surface area contributed by atoms with Crippen LogP contribution >= 0.6 is 0 Å². The Hall–Kier alpha value is -1.59. The first kappa shape index (κ1) is 22.6. The summed E-state index contributed by atoms with van der Waals surface area (Å²) in [5.41, 5.74) is 2.67. The molecule has 0 aliphatic heterocycles. The molecule has 4 fully saturated rings. The molecule has 4 rings (SSSR count). The van der Waals surface area contributed by atoms with E-state index in [4.69, 9.17) is 14.4 Å². The quantitative estimate of drug-likeness (QED) is 0.347. The van der Waals surface area contributed by atoms with Crippen LogP contribution in [-0.4, -0.2) is 37.7 Å². The predicted octanol–water partition coefficient (Wildman–Crippen LogP) is 5.21. The Morgan fingerprint density at radius 2 is 1.71 bits per heavy atom. The third-order valence-corrected chi connectivity index (χ3v) is 9.67. The molecular weight excluding hydrogens is 392 g/mol. The third-order valence-electron chi connectivity index (χ3n) is 9.67. The van der Waals surface area contributed by atoms with Gasteiger partial charge in [-0.05, 0) is 92.8 Å². The van der Waals surface area contributed by atoms with Crippen molar-refractivity contribution in [2.24, 2.45) is 50.7 Å². The van der Waals surface area contributed by atoms with Gasteiger partial charge in [-0.3, -0.25) is 4.79 Å². The SMILES string of the molecule is CO/N=C(/C)[C@H]1/C(=N/OC)C[C@H]2[C@@H]3CC[C@H]4C[C@H](OC(C)=O)CC[C@]4(C)[C@H]3CC[C@]12C. The Bertz CT molecular complexity index is 765. The van der Waals surface area contributed by atoms with Gasteiger partial charge in [-0.15, -0.1) is 0 Å². The van der Waals surface area contributed by atoms with Gasteiger partial charge < -0.3 is 14.4 Å². The molecule has 0 N–H and O–H groups in total. The molecule has 6 heteroatoms. The van der Waals surface area contributed by atoms with E-state index in [9.17, 15) is 4.79 Å². The Kier molecular flexibility index (Phi) is 6.12. The monoisotopic (exact) mass is 432 g/mol. The minimum atomic E-state index is -0.134. The van der Waals surface area contributed by atoms with Crippen molar-refractivity contribution in [3.63, 3.8) is 0 Å². The van der Waals surface area contributed by atoms with Crippen LogP contribution in [0.5, 0.6) is 0 Å². The van der Waals surface area contributed by atoms with E-state index in [1.165, 1.54) is 39.0 Å². The van der Waals surface area contributed by atoms with Crippen LogP contribution in [0.15, 0.2) is 10.3 Å². The molecule has 0 radical (unpaired) electrons. The lowest BCUT2D eigenvalue weighted by molar-refractivity contribution is -0.159. The van der Waals surface area contributed by atoms with Crippen LogP contribution in [0, 0.1) is 40.4 Å². The highest BCUT2D eigenvalue weighted by molar-refractivity contribution is 6.08. The molecule has 4 aliphatic carbocycles. The van der Waals surface area contributed by atoms with Crippen molar-refractivity contribution < 1.29 is 19.2 Å². The number of esters is 1. The van der Waals surface area contributed by atoms with Crippen LogP contribution in [0.25, 0.3) is 0 Å². The van der Waals surface area contributed by atoms with Crippen molar-refractivity contribution in [2.45, 2.75) is 85.2 Å². The molecule has 0 spiro atoms. The number of rotatable bonds is 4. The number of carbonyl (C=O) groups is 1. The summed E-state index contributed by atoms with van der Waals surface area (Å²) in [4.78, 5) is 21.9. The van der Waals surface area contributed by atoms with Crippen LogP contribution in [-0.2, 0) is 19.2 Å². The molecule has 0 unspecified atom stereocenters. The van der Waals surface area contributed by atoms with E-state index in [1.807, 2.05) is 0 Å². The Morgan fingerprint density at radius 1 is 0.968 bits per heavy atom. The molecule has 4 aliphatic rings. The molecule has 31 heavy (non-hydrogen) atoms. The van der Waals surface area contributed by atoms with E-state index in [1.54, 1.807) is 14.2 Å². The second kappa shape index (κ2) is 8.40. The molecular formula is C25H40N2O4. The fourth-order valence-electron chi connectivity index (χ4n) is 8.50. The first-order valence-corrected chi connectivity index (χ1v) is 12.1. The fourth-order valence-corrected chi connectivity index (χ4v) is 8.50. The van der Waals surface area contributed by atoms with Crippen LogP contribution in [0.2, 0.25) is 0 Å². The molecule has 0 amide bonds. The Balaban J connectivity index is 1.60. The summed E-state index contributed by atoms with van der Waals surface area (Å²) >= 11 is 0. The molecule has 0 aromatic carbocycles. The van der Waals surface area contributed by atoms with E-state index >= 15 is 0 Å². The lowest BCUT2D eigenvalue weighted by Crippen LogP contribution is -2.54. The van der Waals surface area contributed by atoms with Crippen molar-refractivity contribution in [3.05, 3.63) is 0 Å². The van der Waals surface area contributed by atoms with Crippen molar-refractivity contribution >= 4 is 17.4 Å². The smallest absolute Gasteiger partial charge is 0.302 e. The number of ether oxygens (including phenoxy) is 1. The fraction of sp³-hybridized carbons (Fsp3) is 0.880. The summed E-state index contributed by atoms with van der Waals surface area (Å²) in [5, 5.41) is 8.81. The highest BCUT2D eigenvalue weighted by atomic mass is 16.6. The number of oxime groups is 2. The van der Waals surface area contributed by atoms with Gasteiger partial charge in [0.25, 0.3) is 0 Å². The standard InChI is InChI=1S/C25H40N2O4/c1-15(26-29-5)23-22(27-30-6)14-21-19-8-7-17-13-18(31-16(2)28)9-11-24(17,3)20(19)10-12-25(21,23)4/h17-21,23H,7-14H2,1-6H3/b26-15-,27-22+/t17-,18+,19+,20-,21-,23-,24-,25-/m0/s1. The molecule has 0 heterocycles. The van der Waals surface area contributed by atoms with Crippen LogP contribution in [0.1, 0.15) is 79.1 Å². The summed E-state index contributed by atoms with van der Waals surface area (Å²) < 4.78 is 5.62. The van der Waals surface area contributed by atoms with E-state index in [0.29, 0.717) is 23.2 Å². The first-order valence-electron chi connectivity index (χ1n) is 12.1. The molecule has 0 aromatic rings. The van der Waals surface area contributed by atoms with Gasteiger partial charge in [0, 0.05) is 12.8 Å². The molecule has 0 saturated heterocycles. The molecule has 0 bridgehead atoms. The minimum absolute atomic E-state index is 0.116. The van der Waals surface area contributed by atoms with E-state index in [-0.39, 0.29) is 23.4 Å². The molecule has 0 aromatic heterocycles. The number of hydrogen-bond donors (Lipinski definition) is 0. The molecule has 6 nitrogen and oxygen atoms in total. The summed E-state index contributed by atoms with van der Waals surface area (Å²) in [6.45, 7) is 8.61. The molecule has 4 saturated carbocycles. The highest BCUT2D eigenvalue weighted by Gasteiger charge is 2.62. The second-order valence-corrected chi connectivity index (χ2v) is 11.0. The van der Waals surface area contributed by atoms with Gasteiger partial charge >= 0.3 is 5.97 Å². The number of fused-ring (bicyclic) bond motifs is 5. The number of nitrogens with zero attached hydrogens (tertiary/aromatic N) is 2. The van der Waals surface area contributed by atoms with Gasteiger partial charge in [-0.25, -0.2) is 0 Å². The largest absolute Gasteiger partial charge is 0.463 e. The normalized spacial score (nSPS) is 46.0. The van der Waals surface area contributed by atoms with Gasteiger partial charge in [-0.1, -0.05) is 24.2 Å². The molecule has 8 atom stereocenters. The Labute approximate surface area is 187 Å². The van der Waals surface area contributed by atoms with Crippen LogP contribution in [0.4, 0.5) is 0 Å². The van der Waals surface area contributed by atoms with Crippen LogP contribution < -0.4 is 0 Å². The predicted molar refractivity (Wildman–Crippen MR) is 121 cm³/mol. The van der Waals surface area contributed by atoms with Gasteiger partial charge in [0.15, 0.2) is 0 Å². The zero-order valence-corrected chi connectivity index (χ0v) is 20.1. The average Bonchev–Trinajstić information content (AvgIpc) is 3.00. The molecule has 174 valence electrons. The Morgan fingerprint density at radius 3 is 2.39 bits per heavy atom. The average molecular weight is 433 g/mol. The second-order valence-electron chi connectivity index (χ2n) is 11.0. The van der Waals surface area contributed by atoms with E-state index in [0.717, 1.165) is 36.6 Å². The highest BCUT2D eigenvalue weighted by Crippen LogP contribution is 2.67. The van der Waals surface area contributed by atoms with Crippen molar-refractivity contribution in [3.8, 4) is 0 Å². The van der Waals surface area contributed by atoms with E-state index in [2.05, 4.69) is 31.1 Å². The lowest BCUT2D eigenvalue weighted by Gasteiger charge is -2.60. The van der Waals surface area contributed by atoms with Gasteiger partial charge in [0.1, 0.15) is 20.3 Å². The lowest BCUT2D eigenvalue weighted by atomic mass is 9.44. The van der Waals surface area contributed by atoms with Gasteiger partial charge in [-0.2, -0.15) is 0 Å². The summed E-state index contributed by atoms with van der Waals surface area (Å²) in [6.07, 6.45) is 9.32. The van der Waals surface area contributed by atoms with Gasteiger partial charge in [0.2, 0.25) is 0 Å². The maximum Gasteiger partial charge on any atom is 0.302 e. The van der Waals surface area contributed by atoms with Crippen molar-refractivity contribution in [1.82, 2.24) is 0 Å². The summed E-state index contributed by atoms with van der Waals surface area (Å²) in [6, 6.07) is 0. The van der Waals surface area contributed by atoms with Crippen LogP contribution in [0.3, 0.4) is 0 Å². The zero-order chi connectivity index (χ0) is 22.4. The maximum atomic E-state index is 11.5. The van der Waals surface area contributed by atoms with E-state index < -0.39 is 0 Å². The van der Waals surface area contributed by atoms with Crippen molar-refractivity contribution in [2.75, 3.05) is 14.2 Å². The maximum absolute atomic E-state index is 11.5. The number of carbonyl (C=O) groups excluding carboxylic acids is 1. The van der Waals surface area contributed by atoms with Crippen molar-refractivity contribution in [1.29, 1.82) is 0 Å². The van der Waals surface area contributed by atoms with Gasteiger partial charge in [0.05, 0.1) is 11.4 Å². The summed E-state index contributed by atoms with van der Waals surface area (Å²) in [7, 11) is 3.27.